The molecule has 0 heterocycles. The van der Waals surface area contributed by atoms with Gasteiger partial charge < -0.3 is 5.73 Å². The van der Waals surface area contributed by atoms with Gasteiger partial charge in [-0.1, -0.05) is 71.5 Å². The normalized spacial score (nSPS) is 11.4. The van der Waals surface area contributed by atoms with Gasteiger partial charge in [0.05, 0.1) is 6.21 Å². The summed E-state index contributed by atoms with van der Waals surface area (Å²) in [5, 5.41) is 11.8. The summed E-state index contributed by atoms with van der Waals surface area (Å²) in [5.74, 6) is 0.737. The number of amidine groups is 1. The fraction of sp³-hybridized carbons (Fsp3) is 0.0667. The van der Waals surface area contributed by atoms with Gasteiger partial charge in [-0.05, 0) is 11.1 Å². The second-order valence-corrected chi connectivity index (χ2v) is 5.20. The molecule has 0 amide bonds. The van der Waals surface area contributed by atoms with E-state index in [0.717, 1.165) is 5.75 Å². The third-order valence-electron chi connectivity index (χ3n) is 2.67. The molecule has 0 aliphatic heterocycles. The predicted molar refractivity (Wildman–Crippen MR) is 92.2 cm³/mol. The van der Waals surface area contributed by atoms with E-state index in [4.69, 9.17) is 11.3 Å². The third-order valence-corrected chi connectivity index (χ3v) is 3.53. The Morgan fingerprint density at radius 3 is 2.64 bits per heavy atom. The van der Waals surface area contributed by atoms with E-state index in [1.54, 1.807) is 18.2 Å². The Morgan fingerprint density at radius 2 is 1.86 bits per heavy atom. The minimum absolute atomic E-state index is 0.376. The number of nitrogens with two attached hydrogens (primary N) is 1. The molecule has 2 aromatic rings. The summed E-state index contributed by atoms with van der Waals surface area (Å²) < 4.78 is 0. The van der Waals surface area contributed by atoms with E-state index in [0.29, 0.717) is 16.4 Å². The lowest BCUT2D eigenvalue weighted by molar-refractivity contribution is 1.25. The highest BCUT2D eigenvalue weighted by atomic mass is 32.2. The quantitative estimate of drug-likeness (QED) is 0.223. The summed E-state index contributed by atoms with van der Waals surface area (Å²) in [4.78, 5) is 2.77. The number of nitrogens with zero attached hydrogens (tertiary/aromatic N) is 5. The number of hydrogen-bond acceptors (Lipinski definition) is 4. The molecule has 6 nitrogen and oxygen atoms in total. The zero-order valence-electron chi connectivity index (χ0n) is 11.7. The molecule has 2 aromatic carbocycles. The maximum atomic E-state index is 8.50. The first-order valence-corrected chi connectivity index (χ1v) is 7.45. The van der Waals surface area contributed by atoms with Crippen molar-refractivity contribution in [2.75, 3.05) is 0 Å². The summed E-state index contributed by atoms with van der Waals surface area (Å²) >= 11 is 1.41. The molecule has 0 atom stereocenters. The minimum Gasteiger partial charge on any atom is -0.377 e. The van der Waals surface area contributed by atoms with Crippen molar-refractivity contribution in [1.82, 2.24) is 0 Å². The van der Waals surface area contributed by atoms with Crippen LogP contribution in [0.25, 0.3) is 10.4 Å². The number of azide groups is 1. The number of rotatable bonds is 5. The zero-order chi connectivity index (χ0) is 15.6. The van der Waals surface area contributed by atoms with E-state index in [9.17, 15) is 0 Å². The van der Waals surface area contributed by atoms with Crippen LogP contribution < -0.4 is 5.73 Å². The Morgan fingerprint density at radius 1 is 1.14 bits per heavy atom. The highest BCUT2D eigenvalue weighted by Gasteiger charge is 1.97. The van der Waals surface area contributed by atoms with Crippen LogP contribution in [0, 0.1) is 0 Å². The maximum Gasteiger partial charge on any atom is 0.180 e. The molecule has 110 valence electrons. The first kappa shape index (κ1) is 15.6. The summed E-state index contributed by atoms with van der Waals surface area (Å²) in [5.41, 5.74) is 16.7. The Kier molecular flexibility index (Phi) is 6.04. The molecular formula is C15H14N6S. The van der Waals surface area contributed by atoms with Crippen molar-refractivity contribution in [3.05, 3.63) is 76.2 Å². The van der Waals surface area contributed by atoms with Gasteiger partial charge in [-0.25, -0.2) is 0 Å². The standard InChI is InChI=1S/C15H14N6S/c16-15(22-11-12-6-2-1-3-7-12)20-18-10-13-8-4-5-9-14(13)19-21-17/h1-10H,11H2,(H2,16,20). The Balaban J connectivity index is 1.97. The van der Waals surface area contributed by atoms with Crippen molar-refractivity contribution in [3.8, 4) is 0 Å². The van der Waals surface area contributed by atoms with Crippen molar-refractivity contribution in [3.63, 3.8) is 0 Å². The van der Waals surface area contributed by atoms with E-state index in [-0.39, 0.29) is 0 Å². The summed E-state index contributed by atoms with van der Waals surface area (Å²) in [6, 6.07) is 17.1. The van der Waals surface area contributed by atoms with Crippen molar-refractivity contribution in [1.29, 1.82) is 0 Å². The lowest BCUT2D eigenvalue weighted by Crippen LogP contribution is -2.05. The Hall–Kier alpha value is -2.76. The van der Waals surface area contributed by atoms with Crippen LogP contribution in [0.1, 0.15) is 11.1 Å². The Bertz CT molecular complexity index is 720. The SMILES string of the molecule is [N-]=[N+]=Nc1ccccc1C=NN=C(N)SCc1ccccc1. The van der Waals surface area contributed by atoms with Crippen LogP contribution >= 0.6 is 11.8 Å². The fourth-order valence-electron chi connectivity index (χ4n) is 1.64. The van der Waals surface area contributed by atoms with Crippen molar-refractivity contribution >= 4 is 28.8 Å². The van der Waals surface area contributed by atoms with Crippen LogP contribution in [0.3, 0.4) is 0 Å². The first-order chi connectivity index (χ1) is 10.8. The van der Waals surface area contributed by atoms with E-state index in [1.165, 1.54) is 23.5 Å². The summed E-state index contributed by atoms with van der Waals surface area (Å²) in [6.45, 7) is 0. The average molecular weight is 310 g/mol. The van der Waals surface area contributed by atoms with Gasteiger partial charge in [0.1, 0.15) is 0 Å². The van der Waals surface area contributed by atoms with E-state index < -0.39 is 0 Å². The predicted octanol–water partition coefficient (Wildman–Crippen LogP) is 4.21. The molecular weight excluding hydrogens is 296 g/mol. The molecule has 0 aromatic heterocycles. The second-order valence-electron chi connectivity index (χ2n) is 4.21. The van der Waals surface area contributed by atoms with Gasteiger partial charge in [0, 0.05) is 21.9 Å². The van der Waals surface area contributed by atoms with Gasteiger partial charge in [0.25, 0.3) is 0 Å². The van der Waals surface area contributed by atoms with Crippen molar-refractivity contribution in [2.24, 2.45) is 21.1 Å². The lowest BCUT2D eigenvalue weighted by atomic mass is 10.2. The van der Waals surface area contributed by atoms with Crippen LogP contribution in [0.15, 0.2) is 69.9 Å². The molecule has 0 aliphatic carbocycles. The largest absolute Gasteiger partial charge is 0.377 e. The first-order valence-electron chi connectivity index (χ1n) is 6.47. The third kappa shape index (κ3) is 4.97. The molecule has 0 saturated heterocycles. The molecule has 0 bridgehead atoms. The molecule has 0 unspecified atom stereocenters. The molecule has 0 aliphatic rings. The van der Waals surface area contributed by atoms with E-state index >= 15 is 0 Å². The molecule has 0 fully saturated rings. The smallest absolute Gasteiger partial charge is 0.180 e. The Labute approximate surface area is 132 Å². The second kappa shape index (κ2) is 8.51. The monoisotopic (exact) mass is 310 g/mol. The molecule has 22 heavy (non-hydrogen) atoms. The zero-order valence-corrected chi connectivity index (χ0v) is 12.5. The number of thioether (sulfide) groups is 1. The van der Waals surface area contributed by atoms with Gasteiger partial charge in [0.2, 0.25) is 0 Å². The lowest BCUT2D eigenvalue weighted by Gasteiger charge is -1.99. The summed E-state index contributed by atoms with van der Waals surface area (Å²) in [7, 11) is 0. The minimum atomic E-state index is 0.376. The number of benzene rings is 2. The molecule has 7 heteroatoms. The number of hydrogen-bond donors (Lipinski definition) is 1. The molecule has 2 rings (SSSR count). The van der Waals surface area contributed by atoms with Crippen LogP contribution in [-0.2, 0) is 5.75 Å². The summed E-state index contributed by atoms with van der Waals surface area (Å²) in [6.07, 6.45) is 1.51. The molecule has 0 radical (unpaired) electrons. The molecule has 0 saturated carbocycles. The maximum absolute atomic E-state index is 8.50. The highest BCUT2D eigenvalue weighted by Crippen LogP contribution is 2.17. The van der Waals surface area contributed by atoms with Crippen molar-refractivity contribution < 1.29 is 0 Å². The van der Waals surface area contributed by atoms with Gasteiger partial charge in [-0.3, -0.25) is 0 Å². The van der Waals surface area contributed by atoms with Crippen LogP contribution in [-0.4, -0.2) is 11.4 Å². The average Bonchev–Trinajstić information content (AvgIpc) is 2.56. The van der Waals surface area contributed by atoms with Gasteiger partial charge in [0.15, 0.2) is 5.17 Å². The van der Waals surface area contributed by atoms with Crippen LogP contribution in [0.4, 0.5) is 5.69 Å². The van der Waals surface area contributed by atoms with Gasteiger partial charge in [-0.2, -0.15) is 5.10 Å². The van der Waals surface area contributed by atoms with Gasteiger partial charge >= 0.3 is 0 Å². The van der Waals surface area contributed by atoms with E-state index in [1.807, 2.05) is 36.4 Å². The fourth-order valence-corrected chi connectivity index (χ4v) is 2.26. The molecule has 2 N–H and O–H groups in total. The van der Waals surface area contributed by atoms with Crippen LogP contribution in [0.2, 0.25) is 0 Å². The highest BCUT2D eigenvalue weighted by molar-refractivity contribution is 8.13. The van der Waals surface area contributed by atoms with Crippen molar-refractivity contribution in [2.45, 2.75) is 5.75 Å². The van der Waals surface area contributed by atoms with Gasteiger partial charge in [-0.15, -0.1) is 5.10 Å². The topological polar surface area (TPSA) is 99.5 Å². The van der Waals surface area contributed by atoms with E-state index in [2.05, 4.69) is 20.2 Å². The molecule has 0 spiro atoms. The van der Waals surface area contributed by atoms with Crippen LogP contribution in [0.5, 0.6) is 0 Å².